The molecule has 0 heterocycles. The minimum atomic E-state index is -0.304. The van der Waals surface area contributed by atoms with Gasteiger partial charge in [0.25, 0.3) is 0 Å². The Morgan fingerprint density at radius 3 is 1.25 bits per heavy atom. The van der Waals surface area contributed by atoms with Gasteiger partial charge in [-0.15, -0.1) is 0 Å². The van der Waals surface area contributed by atoms with Crippen LogP contribution in [-0.4, -0.2) is 11.1 Å². The monoisotopic (exact) mass is 164 g/mol. The SMILES string of the molecule is [C-]#[N+]C(C)(C)CCC(C)(C)[N+]#[C-]. The van der Waals surface area contributed by atoms with Gasteiger partial charge in [0.15, 0.2) is 0 Å². The van der Waals surface area contributed by atoms with Gasteiger partial charge in [0.1, 0.15) is 0 Å². The zero-order valence-electron chi connectivity index (χ0n) is 8.31. The molecule has 0 rings (SSSR count). The quantitative estimate of drug-likeness (QED) is 0.566. The number of hydrogen-bond acceptors (Lipinski definition) is 0. The molecule has 0 unspecified atom stereocenters. The third-order valence-electron chi connectivity index (χ3n) is 1.95. The van der Waals surface area contributed by atoms with Crippen LogP contribution >= 0.6 is 0 Å². The van der Waals surface area contributed by atoms with Crippen molar-refractivity contribution in [2.45, 2.75) is 51.6 Å². The van der Waals surface area contributed by atoms with Crippen molar-refractivity contribution in [3.63, 3.8) is 0 Å². The van der Waals surface area contributed by atoms with Crippen LogP contribution < -0.4 is 0 Å². The second kappa shape index (κ2) is 3.59. The van der Waals surface area contributed by atoms with Crippen molar-refractivity contribution in [3.05, 3.63) is 22.8 Å². The van der Waals surface area contributed by atoms with Gasteiger partial charge in [-0.25, -0.2) is 13.1 Å². The first-order chi connectivity index (χ1) is 5.33. The van der Waals surface area contributed by atoms with E-state index in [9.17, 15) is 0 Å². The van der Waals surface area contributed by atoms with Crippen molar-refractivity contribution in [2.75, 3.05) is 0 Å². The molecular formula is C10H16N2. The summed E-state index contributed by atoms with van der Waals surface area (Å²) < 4.78 is 0. The Morgan fingerprint density at radius 2 is 1.08 bits per heavy atom. The lowest BCUT2D eigenvalue weighted by atomic mass is 9.91. The fraction of sp³-hybridized carbons (Fsp3) is 0.800. The van der Waals surface area contributed by atoms with Crippen molar-refractivity contribution in [3.8, 4) is 0 Å². The second-order valence-electron chi connectivity index (χ2n) is 4.35. The summed E-state index contributed by atoms with van der Waals surface area (Å²) in [6.07, 6.45) is 1.60. The van der Waals surface area contributed by atoms with E-state index in [0.717, 1.165) is 12.8 Å². The Bertz CT molecular complexity index is 199. The minimum absolute atomic E-state index is 0.304. The van der Waals surface area contributed by atoms with Gasteiger partial charge in [0.2, 0.25) is 11.1 Å². The summed E-state index contributed by atoms with van der Waals surface area (Å²) >= 11 is 0. The Kier molecular flexibility index (Phi) is 3.28. The zero-order chi connectivity index (χ0) is 9.83. The van der Waals surface area contributed by atoms with E-state index in [1.165, 1.54) is 0 Å². The van der Waals surface area contributed by atoms with Crippen LogP contribution in [0.5, 0.6) is 0 Å². The Morgan fingerprint density at radius 1 is 0.833 bits per heavy atom. The Balaban J connectivity index is 4.04. The average molecular weight is 164 g/mol. The number of nitrogens with zero attached hydrogens (tertiary/aromatic N) is 2. The van der Waals surface area contributed by atoms with Gasteiger partial charge in [0.05, 0.1) is 0 Å². The van der Waals surface area contributed by atoms with Crippen LogP contribution in [0.2, 0.25) is 0 Å². The Labute approximate surface area is 75.2 Å². The third-order valence-corrected chi connectivity index (χ3v) is 1.95. The molecule has 0 radical (unpaired) electrons. The molecule has 0 fully saturated rings. The molecule has 0 aromatic rings. The second-order valence-corrected chi connectivity index (χ2v) is 4.35. The summed E-state index contributed by atoms with van der Waals surface area (Å²) in [6.45, 7) is 21.5. The lowest BCUT2D eigenvalue weighted by Crippen LogP contribution is -2.21. The average Bonchev–Trinajstić information content (AvgIpc) is 2.02. The standard InChI is InChI=1S/C10H16N2/c1-9(2,11-5)7-8-10(3,4)12-6/h7-8H2,1-4H3. The maximum absolute atomic E-state index is 6.92. The molecule has 0 saturated carbocycles. The van der Waals surface area contributed by atoms with Crippen LogP contribution in [0.4, 0.5) is 0 Å². The predicted molar refractivity (Wildman–Crippen MR) is 50.6 cm³/mol. The summed E-state index contributed by atoms with van der Waals surface area (Å²) in [5.74, 6) is 0. The largest absolute Gasteiger partial charge is 0.311 e. The van der Waals surface area contributed by atoms with E-state index in [-0.39, 0.29) is 11.1 Å². The highest BCUT2D eigenvalue weighted by Crippen LogP contribution is 2.24. The van der Waals surface area contributed by atoms with Crippen LogP contribution in [0.15, 0.2) is 0 Å². The first-order valence-electron chi connectivity index (χ1n) is 4.10. The van der Waals surface area contributed by atoms with E-state index in [4.69, 9.17) is 13.1 Å². The van der Waals surface area contributed by atoms with Crippen LogP contribution in [0.1, 0.15) is 40.5 Å². The summed E-state index contributed by atoms with van der Waals surface area (Å²) in [5.41, 5.74) is -0.607. The highest BCUT2D eigenvalue weighted by molar-refractivity contribution is 4.96. The molecule has 0 bridgehead atoms. The molecule has 2 heteroatoms. The molecule has 0 aliphatic rings. The molecule has 66 valence electrons. The molecule has 0 atom stereocenters. The fourth-order valence-corrected chi connectivity index (χ4v) is 0.724. The van der Waals surface area contributed by atoms with Crippen molar-refractivity contribution in [1.82, 2.24) is 0 Å². The van der Waals surface area contributed by atoms with E-state index in [1.54, 1.807) is 0 Å². The smallest absolute Gasteiger partial charge is 0.227 e. The number of rotatable bonds is 3. The maximum Gasteiger partial charge on any atom is 0.227 e. The van der Waals surface area contributed by atoms with Gasteiger partial charge in [0, 0.05) is 40.5 Å². The number of hydrogen-bond donors (Lipinski definition) is 0. The van der Waals surface area contributed by atoms with Crippen molar-refractivity contribution in [2.24, 2.45) is 0 Å². The molecule has 0 aliphatic carbocycles. The minimum Gasteiger partial charge on any atom is -0.311 e. The normalized spacial score (nSPS) is 11.8. The molecule has 0 aromatic carbocycles. The molecule has 0 saturated heterocycles. The van der Waals surface area contributed by atoms with Crippen molar-refractivity contribution < 1.29 is 0 Å². The highest BCUT2D eigenvalue weighted by Gasteiger charge is 2.30. The Hall–Kier alpha value is -1.02. The van der Waals surface area contributed by atoms with Gasteiger partial charge in [-0.05, 0) is 0 Å². The van der Waals surface area contributed by atoms with Gasteiger partial charge < -0.3 is 9.69 Å². The maximum atomic E-state index is 6.92. The van der Waals surface area contributed by atoms with E-state index in [2.05, 4.69) is 9.69 Å². The third kappa shape index (κ3) is 3.98. The van der Waals surface area contributed by atoms with Crippen LogP contribution in [-0.2, 0) is 0 Å². The van der Waals surface area contributed by atoms with E-state index in [1.807, 2.05) is 27.7 Å². The lowest BCUT2D eigenvalue weighted by Gasteiger charge is -2.15. The van der Waals surface area contributed by atoms with Crippen LogP contribution in [0.25, 0.3) is 9.69 Å². The van der Waals surface area contributed by atoms with E-state index >= 15 is 0 Å². The summed E-state index contributed by atoms with van der Waals surface area (Å²) in [4.78, 5) is 7.01. The van der Waals surface area contributed by atoms with Gasteiger partial charge >= 0.3 is 0 Å². The predicted octanol–water partition coefficient (Wildman–Crippen LogP) is 3.16. The summed E-state index contributed by atoms with van der Waals surface area (Å²) in [7, 11) is 0. The summed E-state index contributed by atoms with van der Waals surface area (Å²) in [5, 5.41) is 0. The molecule has 0 aliphatic heterocycles. The molecule has 0 aromatic heterocycles. The summed E-state index contributed by atoms with van der Waals surface area (Å²) in [6, 6.07) is 0. The lowest BCUT2D eigenvalue weighted by molar-refractivity contribution is 0.451. The first kappa shape index (κ1) is 11.0. The van der Waals surface area contributed by atoms with E-state index in [0.29, 0.717) is 0 Å². The van der Waals surface area contributed by atoms with Gasteiger partial charge in [-0.1, -0.05) is 0 Å². The molecule has 0 amide bonds. The highest BCUT2D eigenvalue weighted by atomic mass is 14.8. The molecule has 2 nitrogen and oxygen atoms in total. The van der Waals surface area contributed by atoms with Crippen molar-refractivity contribution >= 4 is 0 Å². The zero-order valence-corrected chi connectivity index (χ0v) is 8.31. The van der Waals surface area contributed by atoms with E-state index < -0.39 is 0 Å². The molecule has 0 N–H and O–H groups in total. The molecular weight excluding hydrogens is 148 g/mol. The van der Waals surface area contributed by atoms with Gasteiger partial charge in [-0.2, -0.15) is 0 Å². The van der Waals surface area contributed by atoms with Crippen LogP contribution in [0, 0.1) is 13.1 Å². The fourth-order valence-electron chi connectivity index (χ4n) is 0.724. The topological polar surface area (TPSA) is 8.72 Å². The van der Waals surface area contributed by atoms with Crippen LogP contribution in [0.3, 0.4) is 0 Å². The van der Waals surface area contributed by atoms with Crippen molar-refractivity contribution in [1.29, 1.82) is 0 Å². The van der Waals surface area contributed by atoms with Gasteiger partial charge in [-0.3, -0.25) is 0 Å². The molecule has 12 heavy (non-hydrogen) atoms. The molecule has 0 spiro atoms. The first-order valence-corrected chi connectivity index (χ1v) is 4.10.